The van der Waals surface area contributed by atoms with Crippen LogP contribution in [0.2, 0.25) is 0 Å². The van der Waals surface area contributed by atoms with E-state index in [2.05, 4.69) is 27.7 Å². The molecule has 1 aliphatic rings. The van der Waals surface area contributed by atoms with Gasteiger partial charge in [-0.1, -0.05) is 6.07 Å². The number of nitrogens with one attached hydrogen (secondary N) is 1. The maximum absolute atomic E-state index is 12.2. The Hall–Kier alpha value is -2.05. The van der Waals surface area contributed by atoms with Gasteiger partial charge in [-0.2, -0.15) is 0 Å². The SMILES string of the molecule is CCOc1ccc(OCCNC(=O)CN2CCC[C@@H]2c2cccs2)cc1. The van der Waals surface area contributed by atoms with E-state index < -0.39 is 0 Å². The first-order valence-corrected chi connectivity index (χ1v) is 10.0. The molecule has 140 valence electrons. The van der Waals surface area contributed by atoms with Crippen molar-refractivity contribution >= 4 is 17.2 Å². The molecule has 1 amide bonds. The minimum Gasteiger partial charge on any atom is -0.494 e. The fourth-order valence-corrected chi connectivity index (χ4v) is 4.11. The molecule has 0 radical (unpaired) electrons. The van der Waals surface area contributed by atoms with Crippen LogP contribution in [0.25, 0.3) is 0 Å². The first-order valence-electron chi connectivity index (χ1n) is 9.16. The van der Waals surface area contributed by atoms with Gasteiger partial charge in [-0.15, -0.1) is 11.3 Å². The molecule has 0 aliphatic carbocycles. The highest BCUT2D eigenvalue weighted by atomic mass is 32.1. The predicted molar refractivity (Wildman–Crippen MR) is 104 cm³/mol. The molecule has 0 unspecified atom stereocenters. The molecule has 3 rings (SSSR count). The van der Waals surface area contributed by atoms with Crippen LogP contribution in [0, 0.1) is 0 Å². The molecule has 1 saturated heterocycles. The van der Waals surface area contributed by atoms with Gasteiger partial charge in [-0.25, -0.2) is 0 Å². The fourth-order valence-electron chi connectivity index (χ4n) is 3.22. The first-order chi connectivity index (χ1) is 12.8. The van der Waals surface area contributed by atoms with E-state index in [1.54, 1.807) is 11.3 Å². The Balaban J connectivity index is 1.36. The smallest absolute Gasteiger partial charge is 0.234 e. The van der Waals surface area contributed by atoms with Crippen molar-refractivity contribution in [2.45, 2.75) is 25.8 Å². The third-order valence-corrected chi connectivity index (χ3v) is 5.38. The Morgan fingerprint density at radius 2 is 2.00 bits per heavy atom. The maximum Gasteiger partial charge on any atom is 0.234 e. The van der Waals surface area contributed by atoms with E-state index in [0.717, 1.165) is 30.9 Å². The summed E-state index contributed by atoms with van der Waals surface area (Å²) in [4.78, 5) is 15.8. The summed E-state index contributed by atoms with van der Waals surface area (Å²) in [5.41, 5.74) is 0. The molecule has 0 saturated carbocycles. The molecule has 1 aromatic carbocycles. The van der Waals surface area contributed by atoms with Gasteiger partial charge in [0.25, 0.3) is 0 Å². The molecule has 2 aromatic rings. The van der Waals surface area contributed by atoms with Crippen LogP contribution < -0.4 is 14.8 Å². The van der Waals surface area contributed by atoms with Crippen LogP contribution in [-0.4, -0.2) is 43.7 Å². The van der Waals surface area contributed by atoms with E-state index in [1.165, 1.54) is 4.88 Å². The van der Waals surface area contributed by atoms with Crippen LogP contribution in [0.3, 0.4) is 0 Å². The minimum absolute atomic E-state index is 0.0590. The van der Waals surface area contributed by atoms with E-state index in [0.29, 0.717) is 32.3 Å². The Morgan fingerprint density at radius 1 is 1.23 bits per heavy atom. The number of amides is 1. The van der Waals surface area contributed by atoms with Crippen molar-refractivity contribution in [2.75, 3.05) is 32.8 Å². The molecule has 1 fully saturated rings. The summed E-state index contributed by atoms with van der Waals surface area (Å²) in [6.45, 7) is 5.00. The van der Waals surface area contributed by atoms with Crippen molar-refractivity contribution in [3.63, 3.8) is 0 Å². The first kappa shape index (κ1) is 18.7. The van der Waals surface area contributed by atoms with Crippen molar-refractivity contribution in [2.24, 2.45) is 0 Å². The Labute approximate surface area is 158 Å². The zero-order valence-electron chi connectivity index (χ0n) is 15.1. The number of likely N-dealkylation sites (tertiary alicyclic amines) is 1. The van der Waals surface area contributed by atoms with Gasteiger partial charge < -0.3 is 14.8 Å². The van der Waals surface area contributed by atoms with Gasteiger partial charge in [0.1, 0.15) is 18.1 Å². The van der Waals surface area contributed by atoms with Crippen molar-refractivity contribution in [3.05, 3.63) is 46.7 Å². The number of carbonyl (C=O) groups excluding carboxylic acids is 1. The second kappa shape index (κ2) is 9.59. The summed E-state index contributed by atoms with van der Waals surface area (Å²) in [7, 11) is 0. The molecular formula is C20H26N2O3S. The van der Waals surface area contributed by atoms with E-state index >= 15 is 0 Å². The van der Waals surface area contributed by atoms with Gasteiger partial charge >= 0.3 is 0 Å². The van der Waals surface area contributed by atoms with Crippen molar-refractivity contribution < 1.29 is 14.3 Å². The monoisotopic (exact) mass is 374 g/mol. The van der Waals surface area contributed by atoms with Crippen molar-refractivity contribution in [3.8, 4) is 11.5 Å². The molecule has 1 atom stereocenters. The van der Waals surface area contributed by atoms with Crippen molar-refractivity contribution in [1.82, 2.24) is 10.2 Å². The summed E-state index contributed by atoms with van der Waals surface area (Å²) in [5.74, 6) is 1.67. The lowest BCUT2D eigenvalue weighted by atomic mass is 10.2. The molecule has 6 heteroatoms. The summed E-state index contributed by atoms with van der Waals surface area (Å²) >= 11 is 1.77. The second-order valence-electron chi connectivity index (χ2n) is 6.25. The lowest BCUT2D eigenvalue weighted by Crippen LogP contribution is -2.38. The average Bonchev–Trinajstić information content (AvgIpc) is 3.32. The molecule has 1 aromatic heterocycles. The molecule has 5 nitrogen and oxygen atoms in total. The summed E-state index contributed by atoms with van der Waals surface area (Å²) in [6, 6.07) is 12.2. The Bertz CT molecular complexity index is 673. The van der Waals surface area contributed by atoms with E-state index in [4.69, 9.17) is 9.47 Å². The predicted octanol–water partition coefficient (Wildman–Crippen LogP) is 3.48. The maximum atomic E-state index is 12.2. The van der Waals surface area contributed by atoms with Crippen LogP contribution in [0.1, 0.15) is 30.7 Å². The topological polar surface area (TPSA) is 50.8 Å². The quantitative estimate of drug-likeness (QED) is 0.683. The highest BCUT2D eigenvalue weighted by molar-refractivity contribution is 7.10. The number of thiophene rings is 1. The lowest BCUT2D eigenvalue weighted by molar-refractivity contribution is -0.122. The number of nitrogens with zero attached hydrogens (tertiary/aromatic N) is 1. The van der Waals surface area contributed by atoms with Gasteiger partial charge in [0.05, 0.1) is 19.7 Å². The third kappa shape index (κ3) is 5.22. The minimum atomic E-state index is 0.0590. The third-order valence-electron chi connectivity index (χ3n) is 4.41. The highest BCUT2D eigenvalue weighted by Crippen LogP contribution is 2.33. The molecule has 2 heterocycles. The fraction of sp³-hybridized carbons (Fsp3) is 0.450. The lowest BCUT2D eigenvalue weighted by Gasteiger charge is -2.22. The number of carbonyl (C=O) groups is 1. The van der Waals surface area contributed by atoms with Gasteiger partial charge in [0, 0.05) is 10.9 Å². The molecule has 26 heavy (non-hydrogen) atoms. The van der Waals surface area contributed by atoms with Gasteiger partial charge in [-0.05, 0) is 62.0 Å². The molecule has 1 aliphatic heterocycles. The van der Waals surface area contributed by atoms with E-state index in [-0.39, 0.29) is 5.91 Å². The zero-order valence-corrected chi connectivity index (χ0v) is 16.0. The van der Waals surface area contributed by atoms with Gasteiger partial charge in [-0.3, -0.25) is 9.69 Å². The van der Waals surface area contributed by atoms with Crippen molar-refractivity contribution in [1.29, 1.82) is 0 Å². The summed E-state index contributed by atoms with van der Waals surface area (Å²) in [6.07, 6.45) is 2.28. The van der Waals surface area contributed by atoms with E-state index in [9.17, 15) is 4.79 Å². The Kier molecular flexibility index (Phi) is 6.91. The van der Waals surface area contributed by atoms with Crippen LogP contribution in [0.15, 0.2) is 41.8 Å². The van der Waals surface area contributed by atoms with Crippen LogP contribution >= 0.6 is 11.3 Å². The average molecular weight is 375 g/mol. The Morgan fingerprint density at radius 3 is 2.69 bits per heavy atom. The van der Waals surface area contributed by atoms with Crippen LogP contribution in [0.5, 0.6) is 11.5 Å². The summed E-state index contributed by atoms with van der Waals surface area (Å²) in [5, 5.41) is 5.05. The molecule has 0 bridgehead atoms. The molecular weight excluding hydrogens is 348 g/mol. The summed E-state index contributed by atoms with van der Waals surface area (Å²) < 4.78 is 11.1. The number of rotatable bonds is 9. The molecule has 1 N–H and O–H groups in total. The molecule has 0 spiro atoms. The van der Waals surface area contributed by atoms with Gasteiger partial charge in [0.2, 0.25) is 5.91 Å². The van der Waals surface area contributed by atoms with Crippen LogP contribution in [-0.2, 0) is 4.79 Å². The highest BCUT2D eigenvalue weighted by Gasteiger charge is 2.27. The van der Waals surface area contributed by atoms with E-state index in [1.807, 2.05) is 31.2 Å². The van der Waals surface area contributed by atoms with Gasteiger partial charge in [0.15, 0.2) is 0 Å². The van der Waals surface area contributed by atoms with Crippen LogP contribution in [0.4, 0.5) is 0 Å². The normalized spacial score (nSPS) is 17.2. The number of hydrogen-bond donors (Lipinski definition) is 1. The number of benzene rings is 1. The number of ether oxygens (including phenoxy) is 2. The standard InChI is InChI=1S/C20H26N2O3S/c1-2-24-16-7-9-17(10-8-16)25-13-11-21-20(23)15-22-12-3-5-18(22)19-6-4-14-26-19/h4,6-10,14,18H,2-3,5,11-13,15H2,1H3,(H,21,23)/t18-/m1/s1. The number of hydrogen-bond acceptors (Lipinski definition) is 5. The second-order valence-corrected chi connectivity index (χ2v) is 7.23. The largest absolute Gasteiger partial charge is 0.494 e. The zero-order chi connectivity index (χ0) is 18.2.